The van der Waals surface area contributed by atoms with E-state index in [1.807, 2.05) is 30.3 Å². The van der Waals surface area contributed by atoms with Crippen LogP contribution in [0.1, 0.15) is 53.5 Å². The molecule has 2 aromatic rings. The Bertz CT molecular complexity index is 602. The maximum Gasteiger partial charge on any atom is 0.104 e. The van der Waals surface area contributed by atoms with E-state index < -0.39 is 6.10 Å². The van der Waals surface area contributed by atoms with E-state index in [2.05, 4.69) is 18.2 Å². The molecule has 0 bridgehead atoms. The van der Waals surface area contributed by atoms with Crippen molar-refractivity contribution in [3.8, 4) is 0 Å². The van der Waals surface area contributed by atoms with E-state index in [1.165, 1.54) is 24.8 Å². The summed E-state index contributed by atoms with van der Waals surface area (Å²) >= 11 is 0. The fourth-order valence-electron chi connectivity index (χ4n) is 2.94. The van der Waals surface area contributed by atoms with Gasteiger partial charge in [0.05, 0.1) is 6.61 Å². The van der Waals surface area contributed by atoms with Crippen LogP contribution in [0.25, 0.3) is 0 Å². The van der Waals surface area contributed by atoms with Crippen LogP contribution in [-0.2, 0) is 11.3 Å². The summed E-state index contributed by atoms with van der Waals surface area (Å²) in [5.74, 6) is 0.692. The van der Waals surface area contributed by atoms with E-state index >= 15 is 0 Å². The molecule has 0 saturated heterocycles. The third-order valence-corrected chi connectivity index (χ3v) is 4.38. The summed E-state index contributed by atoms with van der Waals surface area (Å²) in [7, 11) is 1.69. The van der Waals surface area contributed by atoms with Crippen LogP contribution in [0.5, 0.6) is 0 Å². The highest BCUT2D eigenvalue weighted by Crippen LogP contribution is 2.37. The molecule has 0 aromatic heterocycles. The van der Waals surface area contributed by atoms with Crippen molar-refractivity contribution >= 4 is 0 Å². The van der Waals surface area contributed by atoms with Crippen molar-refractivity contribution in [3.05, 3.63) is 70.8 Å². The zero-order valence-corrected chi connectivity index (χ0v) is 12.5. The first-order valence-electron chi connectivity index (χ1n) is 7.63. The molecule has 0 spiro atoms. The molecule has 0 aliphatic heterocycles. The second-order valence-electron chi connectivity index (χ2n) is 5.88. The molecule has 110 valence electrons. The average Bonchev–Trinajstić information content (AvgIpc) is 2.46. The van der Waals surface area contributed by atoms with Gasteiger partial charge in [-0.2, -0.15) is 0 Å². The van der Waals surface area contributed by atoms with Crippen molar-refractivity contribution in [1.29, 1.82) is 0 Å². The molecular weight excluding hydrogens is 260 g/mol. The van der Waals surface area contributed by atoms with Crippen molar-refractivity contribution in [2.75, 3.05) is 7.11 Å². The fourth-order valence-corrected chi connectivity index (χ4v) is 2.94. The van der Waals surface area contributed by atoms with E-state index in [-0.39, 0.29) is 0 Å². The van der Waals surface area contributed by atoms with E-state index in [9.17, 15) is 5.11 Å². The van der Waals surface area contributed by atoms with Gasteiger partial charge in [-0.15, -0.1) is 0 Å². The predicted molar refractivity (Wildman–Crippen MR) is 84.3 cm³/mol. The van der Waals surface area contributed by atoms with Crippen LogP contribution in [0, 0.1) is 0 Å². The van der Waals surface area contributed by atoms with Gasteiger partial charge in [0, 0.05) is 7.11 Å². The number of aliphatic hydroxyl groups is 1. The van der Waals surface area contributed by atoms with Crippen molar-refractivity contribution in [2.24, 2.45) is 0 Å². The predicted octanol–water partition coefficient (Wildman–Crippen LogP) is 4.18. The molecule has 1 atom stereocenters. The van der Waals surface area contributed by atoms with Crippen molar-refractivity contribution in [3.63, 3.8) is 0 Å². The number of hydrogen-bond acceptors (Lipinski definition) is 2. The number of methoxy groups -OCH3 is 1. The highest BCUT2D eigenvalue weighted by Gasteiger charge is 2.20. The van der Waals surface area contributed by atoms with Crippen LogP contribution < -0.4 is 0 Å². The van der Waals surface area contributed by atoms with Crippen LogP contribution >= 0.6 is 0 Å². The second-order valence-corrected chi connectivity index (χ2v) is 5.88. The van der Waals surface area contributed by atoms with Crippen LogP contribution in [0.3, 0.4) is 0 Å². The Morgan fingerprint density at radius 2 is 1.81 bits per heavy atom. The van der Waals surface area contributed by atoms with Crippen LogP contribution in [0.4, 0.5) is 0 Å². The lowest BCUT2D eigenvalue weighted by atomic mass is 9.79. The molecule has 1 saturated carbocycles. The summed E-state index contributed by atoms with van der Waals surface area (Å²) in [5.41, 5.74) is 4.36. The minimum atomic E-state index is -0.568. The van der Waals surface area contributed by atoms with Crippen LogP contribution in [-0.4, -0.2) is 12.2 Å². The summed E-state index contributed by atoms with van der Waals surface area (Å²) in [4.78, 5) is 0. The Balaban J connectivity index is 1.83. The van der Waals surface area contributed by atoms with Gasteiger partial charge in [-0.3, -0.25) is 0 Å². The van der Waals surface area contributed by atoms with Gasteiger partial charge in [-0.1, -0.05) is 55.0 Å². The van der Waals surface area contributed by atoms with E-state index in [4.69, 9.17) is 4.74 Å². The smallest absolute Gasteiger partial charge is 0.104 e. The molecule has 2 aromatic carbocycles. The largest absolute Gasteiger partial charge is 0.384 e. The Hall–Kier alpha value is -1.64. The second kappa shape index (κ2) is 6.42. The Morgan fingerprint density at radius 1 is 1.10 bits per heavy atom. The van der Waals surface area contributed by atoms with Crippen LogP contribution in [0.2, 0.25) is 0 Å². The molecular formula is C19H22O2. The molecule has 1 unspecified atom stereocenters. The quantitative estimate of drug-likeness (QED) is 0.891. The number of benzene rings is 2. The number of rotatable bonds is 5. The number of aliphatic hydroxyl groups excluding tert-OH is 1. The lowest BCUT2D eigenvalue weighted by molar-refractivity contribution is 0.184. The van der Waals surface area contributed by atoms with Crippen molar-refractivity contribution < 1.29 is 9.84 Å². The molecule has 1 fully saturated rings. The highest BCUT2D eigenvalue weighted by molar-refractivity contribution is 5.36. The highest BCUT2D eigenvalue weighted by atomic mass is 16.5. The average molecular weight is 282 g/mol. The Kier molecular flexibility index (Phi) is 4.37. The Morgan fingerprint density at radius 3 is 2.48 bits per heavy atom. The van der Waals surface area contributed by atoms with Crippen molar-refractivity contribution in [1.82, 2.24) is 0 Å². The summed E-state index contributed by atoms with van der Waals surface area (Å²) < 4.78 is 5.16. The lowest BCUT2D eigenvalue weighted by Crippen LogP contribution is -2.09. The normalized spacial score (nSPS) is 16.5. The fraction of sp³-hybridized carbons (Fsp3) is 0.368. The first-order chi connectivity index (χ1) is 10.3. The van der Waals surface area contributed by atoms with Gasteiger partial charge in [0.2, 0.25) is 0 Å². The zero-order valence-electron chi connectivity index (χ0n) is 12.5. The molecule has 0 heterocycles. The van der Waals surface area contributed by atoms with E-state index in [0.29, 0.717) is 12.5 Å². The standard InChI is InChI=1S/C19H22O2/c1-21-13-14-5-2-9-17(11-14)19(20)18-10-4-8-16(12-18)15-6-3-7-15/h2,4-5,8-12,15,19-20H,3,6-7,13H2,1H3. The van der Waals surface area contributed by atoms with Gasteiger partial charge in [0.15, 0.2) is 0 Å². The molecule has 1 aliphatic rings. The zero-order chi connectivity index (χ0) is 14.7. The minimum Gasteiger partial charge on any atom is -0.384 e. The van der Waals surface area contributed by atoms with E-state index in [1.54, 1.807) is 7.11 Å². The van der Waals surface area contributed by atoms with Gasteiger partial charge in [-0.25, -0.2) is 0 Å². The molecule has 2 nitrogen and oxygen atoms in total. The third kappa shape index (κ3) is 3.17. The topological polar surface area (TPSA) is 29.5 Å². The summed E-state index contributed by atoms with van der Waals surface area (Å²) in [6.45, 7) is 0.572. The van der Waals surface area contributed by atoms with Gasteiger partial charge in [0.1, 0.15) is 6.10 Å². The van der Waals surface area contributed by atoms with Crippen LogP contribution in [0.15, 0.2) is 48.5 Å². The molecule has 21 heavy (non-hydrogen) atoms. The molecule has 0 amide bonds. The van der Waals surface area contributed by atoms with Gasteiger partial charge >= 0.3 is 0 Å². The van der Waals surface area contributed by atoms with Gasteiger partial charge < -0.3 is 9.84 Å². The molecule has 1 N–H and O–H groups in total. The first kappa shape index (κ1) is 14.3. The molecule has 0 radical (unpaired) electrons. The minimum absolute atomic E-state index is 0.568. The summed E-state index contributed by atoms with van der Waals surface area (Å²) in [6.07, 6.45) is 3.32. The van der Waals surface area contributed by atoms with Gasteiger partial charge in [0.25, 0.3) is 0 Å². The van der Waals surface area contributed by atoms with Crippen molar-refractivity contribution in [2.45, 2.75) is 37.9 Å². The lowest BCUT2D eigenvalue weighted by Gasteiger charge is -2.26. The molecule has 2 heteroatoms. The third-order valence-electron chi connectivity index (χ3n) is 4.38. The summed E-state index contributed by atoms with van der Waals surface area (Å²) in [6, 6.07) is 16.4. The first-order valence-corrected chi connectivity index (χ1v) is 7.63. The Labute approximate surface area is 126 Å². The summed E-state index contributed by atoms with van der Waals surface area (Å²) in [5, 5.41) is 10.6. The number of ether oxygens (including phenoxy) is 1. The SMILES string of the molecule is COCc1cccc(C(O)c2cccc(C3CCC3)c2)c1. The molecule has 1 aliphatic carbocycles. The van der Waals surface area contributed by atoms with Gasteiger partial charge in [-0.05, 0) is 41.0 Å². The maximum absolute atomic E-state index is 10.6. The molecule has 3 rings (SSSR count). The van der Waals surface area contributed by atoms with E-state index in [0.717, 1.165) is 16.7 Å². The maximum atomic E-state index is 10.6. The monoisotopic (exact) mass is 282 g/mol. The number of hydrogen-bond donors (Lipinski definition) is 1.